The van der Waals surface area contributed by atoms with Gasteiger partial charge in [0.2, 0.25) is 0 Å². The maximum atomic E-state index is 2.51. The zero-order valence-corrected chi connectivity index (χ0v) is 18.2. The van der Waals surface area contributed by atoms with Crippen molar-refractivity contribution in [2.75, 3.05) is 0 Å². The summed E-state index contributed by atoms with van der Waals surface area (Å²) in [5, 5.41) is 7.94. The van der Waals surface area contributed by atoms with Crippen LogP contribution in [-0.2, 0) is 7.05 Å². The lowest BCUT2D eigenvalue weighted by atomic mass is 10.0. The largest absolute Gasteiger partial charge is 0.344 e. The molecular weight excluding hydrogens is 400 g/mol. The first-order chi connectivity index (χ1) is 16.3. The predicted octanol–water partition coefficient (Wildman–Crippen LogP) is 8.15. The van der Waals surface area contributed by atoms with Crippen LogP contribution < -0.4 is 0 Å². The van der Waals surface area contributed by atoms with Crippen molar-refractivity contribution < 1.29 is 0 Å². The Balaban J connectivity index is 1.76. The van der Waals surface area contributed by atoms with Crippen molar-refractivity contribution in [3.8, 4) is 11.1 Å². The standard InChI is InChI=1S/C31H20N2/c1-32-26-13-7-11-23-22-15-14-20(19-8-3-2-4-9-19)18-28(22)33-25-12-6-5-10-21(25)24-16-17-27(32)30(29(23)26)31(24)33/h2-18H,1H3. The Morgan fingerprint density at radius 3 is 2.06 bits per heavy atom. The van der Waals surface area contributed by atoms with E-state index >= 15 is 0 Å². The van der Waals surface area contributed by atoms with Gasteiger partial charge in [-0.1, -0.05) is 78.9 Å². The molecule has 0 aliphatic rings. The van der Waals surface area contributed by atoms with Gasteiger partial charge in [-0.15, -0.1) is 0 Å². The van der Waals surface area contributed by atoms with Crippen LogP contribution in [0.2, 0.25) is 0 Å². The number of hydrogen-bond donors (Lipinski definition) is 0. The average molecular weight is 421 g/mol. The minimum Gasteiger partial charge on any atom is -0.344 e. The highest BCUT2D eigenvalue weighted by Crippen LogP contribution is 2.44. The second kappa shape index (κ2) is 5.93. The highest BCUT2D eigenvalue weighted by atomic mass is 15.0. The van der Waals surface area contributed by atoms with Crippen LogP contribution in [0.25, 0.3) is 71.0 Å². The van der Waals surface area contributed by atoms with Gasteiger partial charge in [-0.25, -0.2) is 0 Å². The van der Waals surface area contributed by atoms with Gasteiger partial charge in [-0.2, -0.15) is 0 Å². The molecule has 0 unspecified atom stereocenters. The Hall–Kier alpha value is -4.30. The van der Waals surface area contributed by atoms with E-state index in [4.69, 9.17) is 0 Å². The van der Waals surface area contributed by atoms with Gasteiger partial charge in [0.15, 0.2) is 0 Å². The fraction of sp³-hybridized carbons (Fsp3) is 0.0323. The van der Waals surface area contributed by atoms with Gasteiger partial charge in [0.05, 0.1) is 22.1 Å². The summed E-state index contributed by atoms with van der Waals surface area (Å²) >= 11 is 0. The molecule has 33 heavy (non-hydrogen) atoms. The molecule has 0 spiro atoms. The van der Waals surface area contributed by atoms with Gasteiger partial charge >= 0.3 is 0 Å². The van der Waals surface area contributed by atoms with Crippen molar-refractivity contribution in [1.82, 2.24) is 8.97 Å². The molecule has 3 heterocycles. The topological polar surface area (TPSA) is 9.34 Å². The number of aryl methyl sites for hydroxylation is 1. The van der Waals surface area contributed by atoms with E-state index in [0.29, 0.717) is 0 Å². The third-order valence-electron chi connectivity index (χ3n) is 7.47. The van der Waals surface area contributed by atoms with Crippen LogP contribution in [0.1, 0.15) is 0 Å². The van der Waals surface area contributed by atoms with Crippen LogP contribution in [0.3, 0.4) is 0 Å². The Bertz CT molecular complexity index is 2020. The summed E-state index contributed by atoms with van der Waals surface area (Å²) in [6, 6.07) is 37.8. The zero-order valence-electron chi connectivity index (χ0n) is 18.2. The van der Waals surface area contributed by atoms with Crippen molar-refractivity contribution in [3.63, 3.8) is 0 Å². The third kappa shape index (κ3) is 2.04. The number of hydrogen-bond acceptors (Lipinski definition) is 0. The van der Waals surface area contributed by atoms with E-state index < -0.39 is 0 Å². The lowest BCUT2D eigenvalue weighted by molar-refractivity contribution is 1.01. The van der Waals surface area contributed by atoms with Crippen LogP contribution in [0.15, 0.2) is 103 Å². The molecule has 0 aliphatic heterocycles. The minimum absolute atomic E-state index is 1.24. The van der Waals surface area contributed by atoms with Crippen molar-refractivity contribution in [2.45, 2.75) is 0 Å². The predicted molar refractivity (Wildman–Crippen MR) is 141 cm³/mol. The number of aromatic nitrogens is 2. The molecule has 0 saturated carbocycles. The summed E-state index contributed by atoms with van der Waals surface area (Å²) in [5.41, 5.74) is 8.88. The van der Waals surface area contributed by atoms with E-state index in [-0.39, 0.29) is 0 Å². The first-order valence-corrected chi connectivity index (χ1v) is 11.4. The zero-order chi connectivity index (χ0) is 21.7. The molecule has 0 radical (unpaired) electrons. The van der Waals surface area contributed by atoms with Gasteiger partial charge in [-0.3, -0.25) is 0 Å². The summed E-state index contributed by atoms with van der Waals surface area (Å²) in [4.78, 5) is 0. The van der Waals surface area contributed by atoms with Crippen molar-refractivity contribution in [2.24, 2.45) is 7.05 Å². The van der Waals surface area contributed by atoms with E-state index in [9.17, 15) is 0 Å². The lowest BCUT2D eigenvalue weighted by Gasteiger charge is -2.07. The lowest BCUT2D eigenvalue weighted by Crippen LogP contribution is -1.89. The molecule has 0 N–H and O–H groups in total. The molecule has 0 fully saturated rings. The Kier molecular flexibility index (Phi) is 3.11. The molecule has 3 aromatic heterocycles. The van der Waals surface area contributed by atoms with Crippen molar-refractivity contribution in [3.05, 3.63) is 103 Å². The highest BCUT2D eigenvalue weighted by Gasteiger charge is 2.21. The molecule has 0 aliphatic carbocycles. The minimum atomic E-state index is 1.24. The smallest absolute Gasteiger partial charge is 0.0641 e. The highest BCUT2D eigenvalue weighted by molar-refractivity contribution is 6.32. The maximum Gasteiger partial charge on any atom is 0.0641 e. The number of benzene rings is 5. The number of para-hydroxylation sites is 1. The first-order valence-electron chi connectivity index (χ1n) is 11.4. The van der Waals surface area contributed by atoms with Crippen LogP contribution in [0.4, 0.5) is 0 Å². The van der Waals surface area contributed by atoms with Gasteiger partial charge in [-0.05, 0) is 40.8 Å². The summed E-state index contributed by atoms with van der Waals surface area (Å²) in [7, 11) is 2.19. The monoisotopic (exact) mass is 420 g/mol. The number of fused-ring (bicyclic) bond motifs is 6. The molecule has 0 bridgehead atoms. The fourth-order valence-electron chi connectivity index (χ4n) is 6.01. The van der Waals surface area contributed by atoms with Gasteiger partial charge < -0.3 is 8.97 Å². The normalized spacial score (nSPS) is 12.4. The average Bonchev–Trinajstić information content (AvgIpc) is 3.32. The van der Waals surface area contributed by atoms with E-state index in [1.54, 1.807) is 0 Å². The molecule has 2 nitrogen and oxygen atoms in total. The maximum absolute atomic E-state index is 2.51. The second-order valence-electron chi connectivity index (χ2n) is 9.07. The molecule has 2 heteroatoms. The fourth-order valence-corrected chi connectivity index (χ4v) is 6.01. The molecule has 8 aromatic rings. The molecule has 0 amide bonds. The first kappa shape index (κ1) is 17.3. The van der Waals surface area contributed by atoms with E-state index in [0.717, 1.165) is 0 Å². The summed E-state index contributed by atoms with van der Waals surface area (Å²) in [6.45, 7) is 0. The van der Waals surface area contributed by atoms with Gasteiger partial charge in [0, 0.05) is 39.5 Å². The third-order valence-corrected chi connectivity index (χ3v) is 7.47. The molecule has 0 atom stereocenters. The quantitative estimate of drug-likeness (QED) is 0.253. The number of rotatable bonds is 1. The summed E-state index contributed by atoms with van der Waals surface area (Å²) < 4.78 is 4.85. The van der Waals surface area contributed by atoms with Crippen LogP contribution in [0, 0.1) is 0 Å². The molecule has 8 rings (SSSR count). The van der Waals surface area contributed by atoms with Crippen LogP contribution >= 0.6 is 0 Å². The van der Waals surface area contributed by atoms with Gasteiger partial charge in [0.1, 0.15) is 0 Å². The molecule has 5 aromatic carbocycles. The summed E-state index contributed by atoms with van der Waals surface area (Å²) in [6.07, 6.45) is 0. The molecular formula is C31H20N2. The van der Waals surface area contributed by atoms with E-state index in [2.05, 4.69) is 119 Å². The molecule has 0 saturated heterocycles. The summed E-state index contributed by atoms with van der Waals surface area (Å²) in [5.74, 6) is 0. The van der Waals surface area contributed by atoms with Crippen molar-refractivity contribution >= 4 is 59.9 Å². The molecule has 154 valence electrons. The van der Waals surface area contributed by atoms with Crippen LogP contribution in [-0.4, -0.2) is 8.97 Å². The number of nitrogens with zero attached hydrogens (tertiary/aromatic N) is 2. The second-order valence-corrected chi connectivity index (χ2v) is 9.07. The van der Waals surface area contributed by atoms with Crippen molar-refractivity contribution in [1.29, 1.82) is 0 Å². The van der Waals surface area contributed by atoms with Crippen LogP contribution in [0.5, 0.6) is 0 Å². The van der Waals surface area contributed by atoms with E-state index in [1.165, 1.54) is 71.0 Å². The SMILES string of the molecule is Cn1c2cccc3c4ccc(-c5ccccc5)cc4n4c5ccccc5c5ccc1c(c32)c54. The van der Waals surface area contributed by atoms with Gasteiger partial charge in [0.25, 0.3) is 0 Å². The Morgan fingerprint density at radius 1 is 0.455 bits per heavy atom. The van der Waals surface area contributed by atoms with E-state index in [1.807, 2.05) is 0 Å². The Morgan fingerprint density at radius 2 is 1.15 bits per heavy atom. The Labute approximate surface area is 190 Å².